The Morgan fingerprint density at radius 1 is 1.58 bits per heavy atom. The molecule has 0 saturated heterocycles. The summed E-state index contributed by atoms with van der Waals surface area (Å²) in [6, 6.07) is -0.950. The van der Waals surface area contributed by atoms with Gasteiger partial charge in [0.25, 0.3) is 0 Å². The molecule has 6 heteroatoms. The first-order valence-corrected chi connectivity index (χ1v) is 3.15. The van der Waals surface area contributed by atoms with E-state index in [9.17, 15) is 9.59 Å². The summed E-state index contributed by atoms with van der Waals surface area (Å²) in [5.41, 5.74) is 5.11. The molecule has 0 aromatic rings. The van der Waals surface area contributed by atoms with Crippen molar-refractivity contribution in [2.24, 2.45) is 5.73 Å². The number of ether oxygens (including phenoxy) is 1. The molecular formula is C6H13NO5. The number of carboxylic acid groups (broad SMARTS) is 1. The minimum Gasteiger partial charge on any atom is -0.480 e. The van der Waals surface area contributed by atoms with Crippen molar-refractivity contribution in [3.63, 3.8) is 0 Å². The quantitative estimate of drug-likeness (QED) is 0.510. The number of nitrogens with two attached hydrogens (primary N) is 1. The molecule has 0 aromatic carbocycles. The molecular weight excluding hydrogens is 166 g/mol. The van der Waals surface area contributed by atoms with Crippen LogP contribution in [0.25, 0.3) is 0 Å². The summed E-state index contributed by atoms with van der Waals surface area (Å²) in [4.78, 5) is 20.3. The van der Waals surface area contributed by atoms with Crippen molar-refractivity contribution in [2.45, 2.75) is 19.4 Å². The highest BCUT2D eigenvalue weighted by molar-refractivity contribution is 5.73. The zero-order valence-corrected chi connectivity index (χ0v) is 6.74. The molecule has 12 heavy (non-hydrogen) atoms. The first kappa shape index (κ1) is 13.4. The Bertz CT molecular complexity index is 158. The van der Waals surface area contributed by atoms with E-state index in [-0.39, 0.29) is 18.5 Å². The molecule has 0 spiro atoms. The minimum absolute atomic E-state index is 0. The molecule has 0 fully saturated rings. The molecule has 0 bridgehead atoms. The van der Waals surface area contributed by atoms with Crippen LogP contribution in [0.4, 0.5) is 0 Å². The Balaban J connectivity index is 0. The molecule has 0 aliphatic heterocycles. The monoisotopic (exact) mass is 179 g/mol. The average molecular weight is 179 g/mol. The van der Waals surface area contributed by atoms with E-state index in [0.717, 1.165) is 0 Å². The molecule has 6 nitrogen and oxygen atoms in total. The lowest BCUT2D eigenvalue weighted by Gasteiger charge is -2.04. The van der Waals surface area contributed by atoms with Gasteiger partial charge in [0.1, 0.15) is 6.04 Å². The largest absolute Gasteiger partial charge is 0.480 e. The lowest BCUT2D eigenvalue weighted by Crippen LogP contribution is -2.31. The van der Waals surface area contributed by atoms with Gasteiger partial charge in [-0.25, -0.2) is 0 Å². The van der Waals surface area contributed by atoms with Crippen LogP contribution in [0.2, 0.25) is 0 Å². The van der Waals surface area contributed by atoms with Gasteiger partial charge in [-0.3, -0.25) is 9.59 Å². The van der Waals surface area contributed by atoms with Gasteiger partial charge in [0.05, 0.1) is 6.61 Å². The van der Waals surface area contributed by atoms with E-state index < -0.39 is 18.0 Å². The summed E-state index contributed by atoms with van der Waals surface area (Å²) in [6.07, 6.45) is 0.148. The summed E-state index contributed by atoms with van der Waals surface area (Å²) < 4.78 is 4.48. The zero-order valence-electron chi connectivity index (χ0n) is 6.74. The number of carboxylic acids is 1. The molecule has 0 heterocycles. The Kier molecular flexibility index (Phi) is 7.36. The molecule has 5 N–H and O–H groups in total. The number of carbonyl (C=O) groups is 2. The van der Waals surface area contributed by atoms with Crippen molar-refractivity contribution in [3.05, 3.63) is 0 Å². The Morgan fingerprint density at radius 2 is 2.08 bits per heavy atom. The van der Waals surface area contributed by atoms with E-state index in [0.29, 0.717) is 0 Å². The summed E-state index contributed by atoms with van der Waals surface area (Å²) in [5, 5.41) is 8.28. The second-order valence-corrected chi connectivity index (χ2v) is 2.07. The SMILES string of the molecule is CC(=O)OCC[C@H](N)C(=O)O.O. The number of hydrogen-bond acceptors (Lipinski definition) is 4. The number of esters is 1. The zero-order chi connectivity index (χ0) is 8.85. The van der Waals surface area contributed by atoms with Gasteiger partial charge in [0.15, 0.2) is 0 Å². The number of carbonyl (C=O) groups excluding carboxylic acids is 1. The fourth-order valence-electron chi connectivity index (χ4n) is 0.453. The lowest BCUT2D eigenvalue weighted by molar-refractivity contribution is -0.144. The van der Waals surface area contributed by atoms with Crippen LogP contribution in [-0.2, 0) is 14.3 Å². The third kappa shape index (κ3) is 6.97. The maximum atomic E-state index is 10.2. The highest BCUT2D eigenvalue weighted by Gasteiger charge is 2.10. The summed E-state index contributed by atoms with van der Waals surface area (Å²) in [7, 11) is 0. The normalized spacial score (nSPS) is 11.2. The molecule has 72 valence electrons. The molecule has 0 saturated carbocycles. The molecule has 1 atom stereocenters. The van der Waals surface area contributed by atoms with Gasteiger partial charge in [-0.2, -0.15) is 0 Å². The highest BCUT2D eigenvalue weighted by Crippen LogP contribution is 1.89. The minimum atomic E-state index is -1.09. The van der Waals surface area contributed by atoms with E-state index >= 15 is 0 Å². The van der Waals surface area contributed by atoms with E-state index in [1.807, 2.05) is 0 Å². The third-order valence-electron chi connectivity index (χ3n) is 1.05. The molecule has 0 aliphatic rings. The van der Waals surface area contributed by atoms with E-state index in [1.54, 1.807) is 0 Å². The third-order valence-corrected chi connectivity index (χ3v) is 1.05. The standard InChI is InChI=1S/C6H11NO4.H2O/c1-4(8)11-3-2-5(7)6(9)10;/h5H,2-3,7H2,1H3,(H,9,10);1H2/t5-;/m0./s1. The van der Waals surface area contributed by atoms with Gasteiger partial charge < -0.3 is 21.1 Å². The Labute approximate surface area is 69.6 Å². The topological polar surface area (TPSA) is 121 Å². The van der Waals surface area contributed by atoms with Gasteiger partial charge in [-0.15, -0.1) is 0 Å². The van der Waals surface area contributed by atoms with E-state index in [4.69, 9.17) is 10.8 Å². The van der Waals surface area contributed by atoms with Crippen molar-refractivity contribution >= 4 is 11.9 Å². The van der Waals surface area contributed by atoms with E-state index in [1.165, 1.54) is 6.92 Å². The van der Waals surface area contributed by atoms with Crippen molar-refractivity contribution < 1.29 is 24.9 Å². The molecule has 0 radical (unpaired) electrons. The smallest absolute Gasteiger partial charge is 0.320 e. The summed E-state index contributed by atoms with van der Waals surface area (Å²) in [6.45, 7) is 1.31. The van der Waals surface area contributed by atoms with Crippen molar-refractivity contribution in [2.75, 3.05) is 6.61 Å². The first-order chi connectivity index (χ1) is 5.04. The van der Waals surface area contributed by atoms with Crippen LogP contribution in [0.1, 0.15) is 13.3 Å². The van der Waals surface area contributed by atoms with E-state index in [2.05, 4.69) is 4.74 Å². The van der Waals surface area contributed by atoms with Gasteiger partial charge in [-0.1, -0.05) is 0 Å². The predicted octanol–water partition coefficient (Wildman–Crippen LogP) is -1.47. The van der Waals surface area contributed by atoms with Gasteiger partial charge >= 0.3 is 11.9 Å². The maximum absolute atomic E-state index is 10.2. The van der Waals surface area contributed by atoms with Crippen molar-refractivity contribution in [1.29, 1.82) is 0 Å². The molecule has 0 amide bonds. The number of hydrogen-bond donors (Lipinski definition) is 2. The predicted molar refractivity (Wildman–Crippen MR) is 40.5 cm³/mol. The molecule has 0 aliphatic carbocycles. The van der Waals surface area contributed by atoms with Crippen molar-refractivity contribution in [3.8, 4) is 0 Å². The number of aliphatic carboxylic acids is 1. The van der Waals surface area contributed by atoms with Crippen LogP contribution >= 0.6 is 0 Å². The van der Waals surface area contributed by atoms with Gasteiger partial charge in [-0.05, 0) is 0 Å². The van der Waals surface area contributed by atoms with Crippen LogP contribution < -0.4 is 5.73 Å². The summed E-state index contributed by atoms with van der Waals surface area (Å²) in [5.74, 6) is -1.51. The first-order valence-electron chi connectivity index (χ1n) is 3.15. The highest BCUT2D eigenvalue weighted by atomic mass is 16.5. The van der Waals surface area contributed by atoms with Crippen LogP contribution in [0.5, 0.6) is 0 Å². The second-order valence-electron chi connectivity index (χ2n) is 2.07. The Hall–Kier alpha value is -1.14. The maximum Gasteiger partial charge on any atom is 0.320 e. The molecule has 0 aromatic heterocycles. The fraction of sp³-hybridized carbons (Fsp3) is 0.667. The second kappa shape index (κ2) is 6.56. The lowest BCUT2D eigenvalue weighted by atomic mass is 10.2. The van der Waals surface area contributed by atoms with Crippen LogP contribution in [0.3, 0.4) is 0 Å². The van der Waals surface area contributed by atoms with Crippen LogP contribution in [-0.4, -0.2) is 35.2 Å². The average Bonchev–Trinajstić information content (AvgIpc) is 1.86. The molecule has 0 rings (SSSR count). The summed E-state index contributed by atoms with van der Waals surface area (Å²) >= 11 is 0. The van der Waals surface area contributed by atoms with Crippen molar-refractivity contribution in [1.82, 2.24) is 0 Å². The number of rotatable bonds is 4. The Morgan fingerprint density at radius 3 is 2.42 bits per heavy atom. The van der Waals surface area contributed by atoms with Gasteiger partial charge in [0.2, 0.25) is 0 Å². The van der Waals surface area contributed by atoms with Crippen LogP contribution in [0, 0.1) is 0 Å². The fourth-order valence-corrected chi connectivity index (χ4v) is 0.453. The molecule has 0 unspecified atom stereocenters. The van der Waals surface area contributed by atoms with Crippen LogP contribution in [0.15, 0.2) is 0 Å². The van der Waals surface area contributed by atoms with Gasteiger partial charge in [0, 0.05) is 13.3 Å².